The van der Waals surface area contributed by atoms with E-state index >= 15 is 0 Å². The van der Waals surface area contributed by atoms with Crippen molar-refractivity contribution in [1.82, 2.24) is 9.80 Å². The van der Waals surface area contributed by atoms with Crippen LogP contribution in [0.25, 0.3) is 0 Å². The summed E-state index contributed by atoms with van der Waals surface area (Å²) in [5.41, 5.74) is 3.96. The summed E-state index contributed by atoms with van der Waals surface area (Å²) >= 11 is 1.48. The molecule has 0 bridgehead atoms. The van der Waals surface area contributed by atoms with E-state index in [0.717, 1.165) is 18.9 Å². The Morgan fingerprint density at radius 1 is 1.57 bits per heavy atom. The largest absolute Gasteiger partial charge is 0.381 e. The second kappa shape index (κ2) is 3.27. The topological polar surface area (TPSA) is 60.2 Å². The Labute approximate surface area is 86.6 Å². The number of aromatic nitrogens is 1. The molecule has 1 aliphatic heterocycles. The first-order chi connectivity index (χ1) is 6.92. The molecule has 0 amide bonds. The fourth-order valence-corrected chi connectivity index (χ4v) is 3.11. The number of hydrogen-bond acceptors (Lipinski definition) is 5. The Morgan fingerprint density at radius 2 is 2.36 bits per heavy atom. The van der Waals surface area contributed by atoms with Crippen molar-refractivity contribution in [3.8, 4) is 0 Å². The summed E-state index contributed by atoms with van der Waals surface area (Å²) in [5, 5.41) is 1.99. The van der Waals surface area contributed by atoms with Gasteiger partial charge in [0.15, 0.2) is 0 Å². The van der Waals surface area contributed by atoms with Crippen LogP contribution in [0.3, 0.4) is 0 Å². The van der Waals surface area contributed by atoms with E-state index in [1.165, 1.54) is 11.5 Å². The van der Waals surface area contributed by atoms with Gasteiger partial charge in [0.05, 0.1) is 24.9 Å². The van der Waals surface area contributed by atoms with Gasteiger partial charge in [-0.1, -0.05) is 0 Å². The second-order valence-corrected chi connectivity index (χ2v) is 4.68. The molecule has 1 aromatic rings. The van der Waals surface area contributed by atoms with Crippen molar-refractivity contribution in [1.29, 1.82) is 0 Å². The van der Waals surface area contributed by atoms with Gasteiger partial charge in [0.1, 0.15) is 0 Å². The van der Waals surface area contributed by atoms with Crippen LogP contribution in [0.5, 0.6) is 0 Å². The normalized spacial score (nSPS) is 36.8. The van der Waals surface area contributed by atoms with Gasteiger partial charge >= 0.3 is 0 Å². The fourth-order valence-electron chi connectivity index (χ4n) is 2.55. The summed E-state index contributed by atoms with van der Waals surface area (Å²) in [5.74, 6) is 7.63. The molecule has 3 unspecified atom stereocenters. The summed E-state index contributed by atoms with van der Waals surface area (Å²) in [6.45, 7) is 1.80. The van der Waals surface area contributed by atoms with Crippen LogP contribution < -0.4 is 11.3 Å². The van der Waals surface area contributed by atoms with Gasteiger partial charge in [0.25, 0.3) is 0 Å². The zero-order valence-electron chi connectivity index (χ0n) is 7.72. The Bertz CT molecular complexity index is 306. The fraction of sp³-hybridized carbons (Fsp3) is 0.667. The van der Waals surface area contributed by atoms with Crippen molar-refractivity contribution in [2.24, 2.45) is 23.6 Å². The van der Waals surface area contributed by atoms with E-state index in [4.69, 9.17) is 10.6 Å². The highest BCUT2D eigenvalue weighted by atomic mass is 32.1. The van der Waals surface area contributed by atoms with E-state index < -0.39 is 0 Å². The summed E-state index contributed by atoms with van der Waals surface area (Å²) in [6.07, 6.45) is 0. The molecule has 0 aromatic carbocycles. The SMILES string of the molecule is NNC(c1ccsn1)C1C2COCC21. The Morgan fingerprint density at radius 3 is 2.93 bits per heavy atom. The predicted octanol–water partition coefficient (Wildman–Crippen LogP) is 0.540. The van der Waals surface area contributed by atoms with Gasteiger partial charge in [-0.15, -0.1) is 0 Å². The number of rotatable bonds is 3. The third-order valence-corrected chi connectivity index (χ3v) is 3.93. The number of ether oxygens (including phenoxy) is 1. The number of nitrogens with zero attached hydrogens (tertiary/aromatic N) is 1. The monoisotopic (exact) mass is 211 g/mol. The smallest absolute Gasteiger partial charge is 0.0728 e. The molecule has 4 nitrogen and oxygen atoms in total. The standard InChI is InChI=1S/C9H13N3OS/c10-11-9(7-1-2-14-12-7)8-5-3-13-4-6(5)8/h1-2,5-6,8-9,11H,3-4,10H2. The predicted molar refractivity (Wildman–Crippen MR) is 53.5 cm³/mol. The molecule has 76 valence electrons. The average molecular weight is 211 g/mol. The lowest BCUT2D eigenvalue weighted by molar-refractivity contribution is 0.143. The lowest BCUT2D eigenvalue weighted by Crippen LogP contribution is -2.31. The molecule has 2 fully saturated rings. The minimum atomic E-state index is 0.222. The van der Waals surface area contributed by atoms with Gasteiger partial charge in [-0.2, -0.15) is 4.37 Å². The van der Waals surface area contributed by atoms with Crippen molar-refractivity contribution < 1.29 is 4.74 Å². The highest BCUT2D eigenvalue weighted by Gasteiger charge is 2.57. The summed E-state index contributed by atoms with van der Waals surface area (Å²) in [4.78, 5) is 0. The van der Waals surface area contributed by atoms with Gasteiger partial charge < -0.3 is 4.74 Å². The molecule has 1 aliphatic carbocycles. The van der Waals surface area contributed by atoms with Gasteiger partial charge in [0.2, 0.25) is 0 Å². The zero-order valence-corrected chi connectivity index (χ0v) is 8.54. The molecule has 1 aromatic heterocycles. The maximum absolute atomic E-state index is 5.58. The van der Waals surface area contributed by atoms with E-state index in [1.807, 2.05) is 11.4 Å². The Balaban J connectivity index is 1.77. The molecule has 3 atom stereocenters. The van der Waals surface area contributed by atoms with Crippen LogP contribution in [-0.4, -0.2) is 17.6 Å². The van der Waals surface area contributed by atoms with E-state index in [2.05, 4.69) is 9.80 Å². The van der Waals surface area contributed by atoms with Crippen LogP contribution in [0.4, 0.5) is 0 Å². The molecule has 2 aliphatic rings. The zero-order chi connectivity index (χ0) is 9.54. The molecular formula is C9H13N3OS. The highest BCUT2D eigenvalue weighted by molar-refractivity contribution is 7.03. The van der Waals surface area contributed by atoms with Crippen molar-refractivity contribution >= 4 is 11.5 Å². The van der Waals surface area contributed by atoms with Crippen molar-refractivity contribution in [2.75, 3.05) is 13.2 Å². The first-order valence-electron chi connectivity index (χ1n) is 4.86. The van der Waals surface area contributed by atoms with E-state index in [9.17, 15) is 0 Å². The minimum Gasteiger partial charge on any atom is -0.381 e. The first kappa shape index (κ1) is 8.79. The van der Waals surface area contributed by atoms with Gasteiger partial charge in [-0.05, 0) is 35.4 Å². The number of hydrogen-bond donors (Lipinski definition) is 2. The van der Waals surface area contributed by atoms with Gasteiger partial charge in [0, 0.05) is 5.38 Å². The Hall–Kier alpha value is -0.490. The second-order valence-electron chi connectivity index (χ2n) is 4.01. The van der Waals surface area contributed by atoms with Crippen LogP contribution in [-0.2, 0) is 4.74 Å². The van der Waals surface area contributed by atoms with Crippen LogP contribution in [0.2, 0.25) is 0 Å². The van der Waals surface area contributed by atoms with Gasteiger partial charge in [-0.3, -0.25) is 11.3 Å². The minimum absolute atomic E-state index is 0.222. The molecule has 0 spiro atoms. The molecule has 2 heterocycles. The van der Waals surface area contributed by atoms with Crippen LogP contribution in [0, 0.1) is 17.8 Å². The maximum atomic E-state index is 5.58. The average Bonchev–Trinajstić information content (AvgIpc) is 2.67. The molecule has 3 N–H and O–H groups in total. The quantitative estimate of drug-likeness (QED) is 0.566. The maximum Gasteiger partial charge on any atom is 0.0728 e. The number of fused-ring (bicyclic) bond motifs is 1. The highest BCUT2D eigenvalue weighted by Crippen LogP contribution is 2.56. The summed E-state index contributed by atoms with van der Waals surface area (Å²) in [6, 6.07) is 2.27. The Kier molecular flexibility index (Phi) is 2.05. The lowest BCUT2D eigenvalue weighted by Gasteiger charge is -2.15. The lowest BCUT2D eigenvalue weighted by atomic mass is 10.1. The molecule has 0 radical (unpaired) electrons. The van der Waals surface area contributed by atoms with Crippen LogP contribution in [0.1, 0.15) is 11.7 Å². The number of nitrogens with one attached hydrogen (secondary N) is 1. The van der Waals surface area contributed by atoms with Crippen molar-refractivity contribution in [2.45, 2.75) is 6.04 Å². The molecule has 5 heteroatoms. The third kappa shape index (κ3) is 1.20. The molecule has 3 rings (SSSR count). The number of nitrogens with two attached hydrogens (primary N) is 1. The number of hydrazine groups is 1. The first-order valence-corrected chi connectivity index (χ1v) is 5.69. The molecular weight excluding hydrogens is 198 g/mol. The van der Waals surface area contributed by atoms with Crippen LogP contribution >= 0.6 is 11.5 Å². The summed E-state index contributed by atoms with van der Waals surface area (Å²) < 4.78 is 9.70. The molecule has 14 heavy (non-hydrogen) atoms. The van der Waals surface area contributed by atoms with E-state index in [1.54, 1.807) is 0 Å². The van der Waals surface area contributed by atoms with E-state index in [-0.39, 0.29) is 6.04 Å². The van der Waals surface area contributed by atoms with Crippen molar-refractivity contribution in [3.05, 3.63) is 17.1 Å². The molecule has 1 saturated carbocycles. The molecule has 1 saturated heterocycles. The van der Waals surface area contributed by atoms with Crippen molar-refractivity contribution in [3.63, 3.8) is 0 Å². The van der Waals surface area contributed by atoms with Gasteiger partial charge in [-0.25, -0.2) is 0 Å². The van der Waals surface area contributed by atoms with E-state index in [0.29, 0.717) is 17.8 Å². The third-order valence-electron chi connectivity index (χ3n) is 3.36. The van der Waals surface area contributed by atoms with Crippen LogP contribution in [0.15, 0.2) is 11.4 Å². The summed E-state index contributed by atoms with van der Waals surface area (Å²) in [7, 11) is 0.